The van der Waals surface area contributed by atoms with Gasteiger partial charge in [0.2, 0.25) is 0 Å². The van der Waals surface area contributed by atoms with E-state index in [1.54, 1.807) is 30.0 Å². The number of halogens is 3. The van der Waals surface area contributed by atoms with Crippen molar-refractivity contribution >= 4 is 17.3 Å². The summed E-state index contributed by atoms with van der Waals surface area (Å²) in [7, 11) is 1.69. The van der Waals surface area contributed by atoms with Crippen molar-refractivity contribution in [3.8, 4) is 0 Å². The average Bonchev–Trinajstić information content (AvgIpc) is 2.74. The van der Waals surface area contributed by atoms with Crippen LogP contribution in [0.4, 0.5) is 24.8 Å². The van der Waals surface area contributed by atoms with E-state index >= 15 is 0 Å². The summed E-state index contributed by atoms with van der Waals surface area (Å²) in [5, 5.41) is 5.60. The van der Waals surface area contributed by atoms with Gasteiger partial charge in [-0.1, -0.05) is 0 Å². The van der Waals surface area contributed by atoms with Crippen LogP contribution < -0.4 is 10.6 Å². The summed E-state index contributed by atoms with van der Waals surface area (Å²) in [6.07, 6.45) is -0.153. The van der Waals surface area contributed by atoms with Crippen LogP contribution in [0.5, 0.6) is 0 Å². The van der Waals surface area contributed by atoms with Crippen LogP contribution in [0, 0.1) is 0 Å². The molecule has 1 atom stereocenters. The van der Waals surface area contributed by atoms with Crippen LogP contribution in [0.2, 0.25) is 0 Å². The van der Waals surface area contributed by atoms with E-state index in [0.717, 1.165) is 0 Å². The van der Waals surface area contributed by atoms with Crippen LogP contribution in [0.3, 0.4) is 0 Å². The Morgan fingerprint density at radius 1 is 1.42 bits per heavy atom. The first-order valence-corrected chi connectivity index (χ1v) is 5.74. The van der Waals surface area contributed by atoms with Crippen molar-refractivity contribution < 1.29 is 13.2 Å². The standard InChI is InChI=1S/C11H14F3N5/c1-7(5-11(12,13)14)17-9-10-16-3-4-19(10)6-8(15-2)18-9/h3-4,6-7,15H,5H2,1-2H3,(H,17,18). The zero-order valence-electron chi connectivity index (χ0n) is 10.5. The second-order valence-electron chi connectivity index (χ2n) is 4.25. The number of rotatable bonds is 4. The van der Waals surface area contributed by atoms with Crippen molar-refractivity contribution in [3.63, 3.8) is 0 Å². The molecule has 2 aromatic heterocycles. The Balaban J connectivity index is 2.26. The van der Waals surface area contributed by atoms with Crippen molar-refractivity contribution in [1.29, 1.82) is 0 Å². The maximum atomic E-state index is 12.3. The number of aromatic nitrogens is 3. The lowest BCUT2D eigenvalue weighted by atomic mass is 10.2. The molecule has 1 unspecified atom stereocenters. The first kappa shape index (κ1) is 13.4. The SMILES string of the molecule is CNc1cn2ccnc2c(NC(C)CC(F)(F)F)n1. The summed E-state index contributed by atoms with van der Waals surface area (Å²) in [6, 6.07) is -0.778. The number of nitrogens with zero attached hydrogens (tertiary/aromatic N) is 3. The smallest absolute Gasteiger partial charge is 0.372 e. The predicted molar refractivity (Wildman–Crippen MR) is 66.3 cm³/mol. The molecular formula is C11H14F3N5. The van der Waals surface area contributed by atoms with E-state index in [9.17, 15) is 13.2 Å². The van der Waals surface area contributed by atoms with Gasteiger partial charge in [0.15, 0.2) is 11.5 Å². The monoisotopic (exact) mass is 273 g/mol. The van der Waals surface area contributed by atoms with Crippen LogP contribution in [0.15, 0.2) is 18.6 Å². The normalized spacial score (nSPS) is 13.5. The molecule has 0 aliphatic carbocycles. The molecule has 2 aromatic rings. The average molecular weight is 273 g/mol. The van der Waals surface area contributed by atoms with Gasteiger partial charge < -0.3 is 15.0 Å². The molecule has 0 bridgehead atoms. The largest absolute Gasteiger partial charge is 0.391 e. The Kier molecular flexibility index (Phi) is 3.50. The molecule has 0 fully saturated rings. The molecule has 0 spiro atoms. The molecule has 104 valence electrons. The Morgan fingerprint density at radius 2 is 2.16 bits per heavy atom. The molecule has 0 aromatic carbocycles. The minimum atomic E-state index is -4.21. The first-order valence-electron chi connectivity index (χ1n) is 5.74. The van der Waals surface area contributed by atoms with Crippen molar-refractivity contribution in [2.24, 2.45) is 0 Å². The molecule has 0 amide bonds. The van der Waals surface area contributed by atoms with Gasteiger partial charge in [0.25, 0.3) is 0 Å². The van der Waals surface area contributed by atoms with Crippen LogP contribution in [-0.4, -0.2) is 33.6 Å². The number of hydrogen-bond donors (Lipinski definition) is 2. The topological polar surface area (TPSA) is 54.2 Å². The van der Waals surface area contributed by atoms with Gasteiger partial charge in [0.05, 0.1) is 12.6 Å². The fraction of sp³-hybridized carbons (Fsp3) is 0.455. The van der Waals surface area contributed by atoms with E-state index in [1.807, 2.05) is 0 Å². The quantitative estimate of drug-likeness (QED) is 0.898. The zero-order chi connectivity index (χ0) is 14.0. The Morgan fingerprint density at radius 3 is 2.79 bits per heavy atom. The van der Waals surface area contributed by atoms with E-state index in [4.69, 9.17) is 0 Å². The third kappa shape index (κ3) is 3.27. The van der Waals surface area contributed by atoms with Crippen LogP contribution >= 0.6 is 0 Å². The van der Waals surface area contributed by atoms with E-state index < -0.39 is 18.6 Å². The summed E-state index contributed by atoms with van der Waals surface area (Å²) in [5.41, 5.74) is 0.494. The predicted octanol–water partition coefficient (Wildman–Crippen LogP) is 2.52. The lowest BCUT2D eigenvalue weighted by Crippen LogP contribution is -2.24. The van der Waals surface area contributed by atoms with Gasteiger partial charge in [-0.2, -0.15) is 13.2 Å². The van der Waals surface area contributed by atoms with Gasteiger partial charge in [0.1, 0.15) is 5.82 Å². The molecule has 8 heteroatoms. The molecule has 19 heavy (non-hydrogen) atoms. The fourth-order valence-electron chi connectivity index (χ4n) is 1.78. The highest BCUT2D eigenvalue weighted by Crippen LogP contribution is 2.24. The molecule has 5 nitrogen and oxygen atoms in total. The van der Waals surface area contributed by atoms with Crippen molar-refractivity contribution in [2.45, 2.75) is 25.6 Å². The second kappa shape index (κ2) is 4.94. The molecule has 0 saturated heterocycles. The lowest BCUT2D eigenvalue weighted by Gasteiger charge is -2.17. The Labute approximate surface area is 107 Å². The highest BCUT2D eigenvalue weighted by molar-refractivity contribution is 5.65. The van der Waals surface area contributed by atoms with E-state index in [2.05, 4.69) is 20.6 Å². The molecule has 0 aliphatic heterocycles. The van der Waals surface area contributed by atoms with E-state index in [1.165, 1.54) is 6.92 Å². The molecule has 2 heterocycles. The first-order chi connectivity index (χ1) is 8.89. The maximum absolute atomic E-state index is 12.3. The van der Waals surface area contributed by atoms with Crippen LogP contribution in [0.25, 0.3) is 5.65 Å². The minimum Gasteiger partial charge on any atom is -0.372 e. The second-order valence-corrected chi connectivity index (χ2v) is 4.25. The number of anilines is 2. The number of alkyl halides is 3. The Bertz CT molecular complexity index is 563. The highest BCUT2D eigenvalue weighted by Gasteiger charge is 2.30. The van der Waals surface area contributed by atoms with Crippen LogP contribution in [-0.2, 0) is 0 Å². The third-order valence-electron chi connectivity index (χ3n) is 2.55. The highest BCUT2D eigenvalue weighted by atomic mass is 19.4. The van der Waals surface area contributed by atoms with Crippen molar-refractivity contribution in [3.05, 3.63) is 18.6 Å². The van der Waals surface area contributed by atoms with E-state index in [0.29, 0.717) is 17.3 Å². The zero-order valence-corrected chi connectivity index (χ0v) is 10.5. The Hall–Kier alpha value is -1.99. The molecule has 0 aliphatic rings. The van der Waals surface area contributed by atoms with Gasteiger partial charge in [-0.3, -0.25) is 0 Å². The number of imidazole rings is 1. The summed E-state index contributed by atoms with van der Waals surface area (Å²) in [5.74, 6) is 0.876. The molecular weight excluding hydrogens is 259 g/mol. The maximum Gasteiger partial charge on any atom is 0.391 e. The number of fused-ring (bicyclic) bond motifs is 1. The molecule has 2 N–H and O–H groups in total. The van der Waals surface area contributed by atoms with Crippen molar-refractivity contribution in [2.75, 3.05) is 17.7 Å². The summed E-state index contributed by atoms with van der Waals surface area (Å²) in [6.45, 7) is 1.46. The van der Waals surface area contributed by atoms with Gasteiger partial charge >= 0.3 is 6.18 Å². The number of nitrogens with one attached hydrogen (secondary N) is 2. The number of hydrogen-bond acceptors (Lipinski definition) is 4. The summed E-state index contributed by atoms with van der Waals surface area (Å²) in [4.78, 5) is 8.26. The van der Waals surface area contributed by atoms with Crippen molar-refractivity contribution in [1.82, 2.24) is 14.4 Å². The fourth-order valence-corrected chi connectivity index (χ4v) is 1.78. The summed E-state index contributed by atoms with van der Waals surface area (Å²) >= 11 is 0. The van der Waals surface area contributed by atoms with Gasteiger partial charge in [-0.05, 0) is 6.92 Å². The van der Waals surface area contributed by atoms with Gasteiger partial charge in [-0.15, -0.1) is 0 Å². The van der Waals surface area contributed by atoms with Gasteiger partial charge in [-0.25, -0.2) is 9.97 Å². The molecule has 0 saturated carbocycles. The molecule has 0 radical (unpaired) electrons. The van der Waals surface area contributed by atoms with Crippen LogP contribution in [0.1, 0.15) is 13.3 Å². The minimum absolute atomic E-state index is 0.327. The lowest BCUT2D eigenvalue weighted by molar-refractivity contribution is -0.136. The summed E-state index contributed by atoms with van der Waals surface area (Å²) < 4.78 is 38.6. The van der Waals surface area contributed by atoms with E-state index in [-0.39, 0.29) is 0 Å². The third-order valence-corrected chi connectivity index (χ3v) is 2.55. The molecule has 2 rings (SSSR count). The van der Waals surface area contributed by atoms with Gasteiger partial charge in [0, 0.05) is 25.5 Å².